The molecule has 3 amide bonds. The van der Waals surface area contributed by atoms with Crippen LogP contribution in [0.25, 0.3) is 22.2 Å². The number of anilines is 1. The van der Waals surface area contributed by atoms with Crippen molar-refractivity contribution in [2.75, 3.05) is 45.3 Å². The maximum Gasteiger partial charge on any atom is 0.413 e. The lowest BCUT2D eigenvalue weighted by atomic mass is 9.98. The summed E-state index contributed by atoms with van der Waals surface area (Å²) in [5.74, 6) is 1.19. The summed E-state index contributed by atoms with van der Waals surface area (Å²) in [5.41, 5.74) is 5.40. The molecule has 3 aromatic rings. The maximum absolute atomic E-state index is 13.3. The van der Waals surface area contributed by atoms with Crippen molar-refractivity contribution in [1.82, 2.24) is 19.8 Å². The minimum atomic E-state index is -0.596. The molecule has 1 aromatic heterocycles. The Balaban J connectivity index is 1.39. The third kappa shape index (κ3) is 4.80. The number of halogens is 1. The number of nitrogens with zero attached hydrogens (tertiary/aromatic N) is 3. The number of carbonyl (C=O) groups is 2. The van der Waals surface area contributed by atoms with Gasteiger partial charge in [0.05, 0.1) is 37.9 Å². The number of aryl methyl sites for hydroxylation is 1. The van der Waals surface area contributed by atoms with Gasteiger partial charge in [-0.05, 0) is 66.6 Å². The Morgan fingerprint density at radius 3 is 2.72 bits per heavy atom. The molecular weight excluding hydrogens is 465 g/mol. The van der Waals surface area contributed by atoms with Gasteiger partial charge in [0.2, 0.25) is 5.95 Å². The second-order valence-corrected chi connectivity index (χ2v) is 9.35. The number of urea groups is 1. The molecule has 10 heteroatoms. The molecule has 2 aliphatic heterocycles. The molecule has 5 rings (SSSR count). The zero-order valence-corrected chi connectivity index (χ0v) is 20.5. The first-order valence-corrected chi connectivity index (χ1v) is 12.2. The third-order valence-corrected chi connectivity index (χ3v) is 6.92. The number of likely N-dealkylation sites (tertiary alicyclic amines) is 1. The summed E-state index contributed by atoms with van der Waals surface area (Å²) in [6.45, 7) is 4.25. The van der Waals surface area contributed by atoms with Crippen LogP contribution in [0.1, 0.15) is 24.0 Å². The summed E-state index contributed by atoms with van der Waals surface area (Å²) < 4.78 is 23.7. The Bertz CT molecular complexity index is 1280. The van der Waals surface area contributed by atoms with Gasteiger partial charge in [-0.3, -0.25) is 9.71 Å². The fourth-order valence-electron chi connectivity index (χ4n) is 4.92. The van der Waals surface area contributed by atoms with Crippen molar-refractivity contribution in [3.8, 4) is 16.9 Å². The van der Waals surface area contributed by atoms with Crippen molar-refractivity contribution in [3.63, 3.8) is 0 Å². The van der Waals surface area contributed by atoms with E-state index in [4.69, 9.17) is 4.74 Å². The van der Waals surface area contributed by atoms with E-state index in [2.05, 4.69) is 32.2 Å². The van der Waals surface area contributed by atoms with E-state index in [1.807, 2.05) is 34.9 Å². The van der Waals surface area contributed by atoms with Crippen LogP contribution in [0, 0.1) is 12.8 Å². The first-order chi connectivity index (χ1) is 17.4. The number of amides is 3. The summed E-state index contributed by atoms with van der Waals surface area (Å²) in [6, 6.07) is 9.95. The molecule has 0 spiro atoms. The van der Waals surface area contributed by atoms with E-state index in [9.17, 15) is 14.0 Å². The number of fused-ring (bicyclic) bond motifs is 2. The Morgan fingerprint density at radius 1 is 1.17 bits per heavy atom. The molecule has 190 valence electrons. The molecular formula is C26H30FN5O4. The van der Waals surface area contributed by atoms with Gasteiger partial charge < -0.3 is 24.3 Å². The molecule has 1 fully saturated rings. The van der Waals surface area contributed by atoms with Crippen molar-refractivity contribution in [2.45, 2.75) is 26.3 Å². The number of H-pyrrole nitrogens is 1. The van der Waals surface area contributed by atoms with Crippen molar-refractivity contribution < 1.29 is 23.5 Å². The first-order valence-electron chi connectivity index (χ1n) is 12.2. The van der Waals surface area contributed by atoms with Gasteiger partial charge in [-0.2, -0.15) is 0 Å². The van der Waals surface area contributed by atoms with Gasteiger partial charge in [-0.15, -0.1) is 0 Å². The largest absolute Gasteiger partial charge is 0.491 e. The van der Waals surface area contributed by atoms with Gasteiger partial charge in [0.15, 0.2) is 0 Å². The van der Waals surface area contributed by atoms with Gasteiger partial charge in [-0.25, -0.2) is 14.6 Å². The Hall–Kier alpha value is -3.82. The molecule has 0 unspecified atom stereocenters. The van der Waals surface area contributed by atoms with E-state index in [-0.39, 0.29) is 18.6 Å². The van der Waals surface area contributed by atoms with E-state index in [0.29, 0.717) is 57.1 Å². The van der Waals surface area contributed by atoms with Crippen LogP contribution in [0.15, 0.2) is 30.3 Å². The lowest BCUT2D eigenvalue weighted by Crippen LogP contribution is -2.47. The van der Waals surface area contributed by atoms with E-state index in [1.54, 1.807) is 0 Å². The predicted octanol–water partition coefficient (Wildman–Crippen LogP) is 4.71. The number of hydrogen-bond donors (Lipinski definition) is 2. The van der Waals surface area contributed by atoms with Crippen molar-refractivity contribution >= 4 is 29.1 Å². The molecule has 0 radical (unpaired) electrons. The van der Waals surface area contributed by atoms with E-state index < -0.39 is 6.09 Å². The number of aromatic amines is 1. The average molecular weight is 496 g/mol. The smallest absolute Gasteiger partial charge is 0.413 e. The number of nitrogens with one attached hydrogen (secondary N) is 2. The minimum Gasteiger partial charge on any atom is -0.491 e. The van der Waals surface area contributed by atoms with E-state index >= 15 is 0 Å². The number of hydrogen-bond acceptors (Lipinski definition) is 5. The topological polar surface area (TPSA) is 99.8 Å². The molecule has 1 saturated heterocycles. The summed E-state index contributed by atoms with van der Waals surface area (Å²) >= 11 is 0. The number of methoxy groups -OCH3 is 1. The van der Waals surface area contributed by atoms with Crippen LogP contribution in [0.2, 0.25) is 0 Å². The number of imidazole rings is 1. The second kappa shape index (κ2) is 10.0. The second-order valence-electron chi connectivity index (χ2n) is 9.35. The van der Waals surface area contributed by atoms with Crippen molar-refractivity contribution in [2.24, 2.45) is 5.92 Å². The van der Waals surface area contributed by atoms with Crippen LogP contribution in [-0.4, -0.2) is 71.9 Å². The fraction of sp³-hybridized carbons (Fsp3) is 0.423. The van der Waals surface area contributed by atoms with Crippen LogP contribution in [0.4, 0.5) is 19.9 Å². The lowest BCUT2D eigenvalue weighted by Gasteiger charge is -2.34. The van der Waals surface area contributed by atoms with Crippen LogP contribution in [-0.2, 0) is 11.3 Å². The SMILES string of the molecule is COC(=O)Nc1nc2ccc(-c3cc(C)c4c(c3)CN(C(=O)N3CCC(CF)CC3)CCO4)cc2[nH]1. The third-order valence-electron chi connectivity index (χ3n) is 6.92. The summed E-state index contributed by atoms with van der Waals surface area (Å²) in [6.07, 6.45) is 0.820. The zero-order chi connectivity index (χ0) is 25.2. The molecule has 2 N–H and O–H groups in total. The molecule has 0 aliphatic carbocycles. The molecule has 0 atom stereocenters. The summed E-state index contributed by atoms with van der Waals surface area (Å²) in [7, 11) is 1.30. The lowest BCUT2D eigenvalue weighted by molar-refractivity contribution is 0.122. The van der Waals surface area contributed by atoms with Gasteiger partial charge in [-0.1, -0.05) is 6.07 Å². The Morgan fingerprint density at radius 2 is 1.97 bits per heavy atom. The standard InChI is InChI=1S/C26H30FN5O4/c1-16-11-19(18-3-4-21-22(13-18)29-24(28-21)30-25(33)35-2)12-20-15-32(9-10-36-23(16)20)26(34)31-7-5-17(14-27)6-8-31/h3-4,11-13,17H,5-10,14-15H2,1-2H3,(H2,28,29,30,33). The molecule has 0 saturated carbocycles. The van der Waals surface area contributed by atoms with E-state index in [0.717, 1.165) is 33.5 Å². The minimum absolute atomic E-state index is 0.0173. The molecule has 3 heterocycles. The van der Waals surface area contributed by atoms with Crippen molar-refractivity contribution in [1.29, 1.82) is 0 Å². The molecule has 36 heavy (non-hydrogen) atoms. The number of benzene rings is 2. The number of alkyl halides is 1. The zero-order valence-electron chi connectivity index (χ0n) is 20.5. The van der Waals surface area contributed by atoms with Crippen LogP contribution < -0.4 is 10.1 Å². The molecule has 2 aromatic carbocycles. The van der Waals surface area contributed by atoms with Gasteiger partial charge >= 0.3 is 12.1 Å². The highest BCUT2D eigenvalue weighted by atomic mass is 19.1. The summed E-state index contributed by atoms with van der Waals surface area (Å²) in [5, 5.41) is 2.54. The highest BCUT2D eigenvalue weighted by Gasteiger charge is 2.28. The first kappa shape index (κ1) is 23.9. The molecule has 0 bridgehead atoms. The number of rotatable bonds is 3. The number of piperidine rings is 1. The summed E-state index contributed by atoms with van der Waals surface area (Å²) in [4.78, 5) is 35.9. The highest BCUT2D eigenvalue weighted by Crippen LogP contribution is 2.34. The van der Waals surface area contributed by atoms with Crippen LogP contribution in [0.5, 0.6) is 5.75 Å². The monoisotopic (exact) mass is 495 g/mol. The van der Waals surface area contributed by atoms with Gasteiger partial charge in [0.25, 0.3) is 0 Å². The average Bonchev–Trinajstić information content (AvgIpc) is 3.16. The van der Waals surface area contributed by atoms with Crippen molar-refractivity contribution in [3.05, 3.63) is 41.5 Å². The molecule has 9 nitrogen and oxygen atoms in total. The van der Waals surface area contributed by atoms with Crippen LogP contribution >= 0.6 is 0 Å². The normalized spacial score (nSPS) is 16.3. The highest BCUT2D eigenvalue weighted by molar-refractivity contribution is 5.88. The van der Waals surface area contributed by atoms with Crippen LogP contribution in [0.3, 0.4) is 0 Å². The van der Waals surface area contributed by atoms with Gasteiger partial charge in [0, 0.05) is 18.7 Å². The van der Waals surface area contributed by atoms with E-state index in [1.165, 1.54) is 7.11 Å². The quantitative estimate of drug-likeness (QED) is 0.548. The number of ether oxygens (including phenoxy) is 2. The molecule has 2 aliphatic rings. The Labute approximate surface area is 208 Å². The maximum atomic E-state index is 13.3. The number of carbonyl (C=O) groups excluding carboxylic acids is 2. The van der Waals surface area contributed by atoms with Gasteiger partial charge in [0.1, 0.15) is 12.4 Å². The predicted molar refractivity (Wildman–Crippen MR) is 134 cm³/mol. The Kier molecular flexibility index (Phi) is 6.67. The number of aromatic nitrogens is 2. The fourth-order valence-corrected chi connectivity index (χ4v) is 4.92.